The molecule has 220 valence electrons. The van der Waals surface area contributed by atoms with Gasteiger partial charge in [-0.05, 0) is 18.1 Å². The molecule has 2 aromatic carbocycles. The Balaban J connectivity index is 1.52. The Morgan fingerprint density at radius 1 is 1.00 bits per heavy atom. The largest absolute Gasteiger partial charge is 0.387 e. The number of nitrogens with zero attached hydrogens (tertiary/aromatic N) is 4. The van der Waals surface area contributed by atoms with Gasteiger partial charge in [0.1, 0.15) is 12.2 Å². The van der Waals surface area contributed by atoms with Gasteiger partial charge in [0.25, 0.3) is 11.8 Å². The topological polar surface area (TPSA) is 190 Å². The smallest absolute Gasteiger partial charge is 0.289 e. The van der Waals surface area contributed by atoms with E-state index in [0.717, 1.165) is 11.1 Å². The fourth-order valence-corrected chi connectivity index (χ4v) is 4.97. The SMILES string of the molecule is CCNC(=O)[C@H]1O[C@@H](n2cnc3c(NCC(c4ccccc4)c4ccccc4)nc(C(=O)NCCN)nc32)[C@@H](O)[C@@H]1O. The summed E-state index contributed by atoms with van der Waals surface area (Å²) in [5.41, 5.74) is 8.22. The van der Waals surface area contributed by atoms with Crippen molar-refractivity contribution in [2.45, 2.75) is 37.4 Å². The minimum Gasteiger partial charge on any atom is -0.387 e. The fourth-order valence-electron chi connectivity index (χ4n) is 4.97. The van der Waals surface area contributed by atoms with Crippen molar-refractivity contribution in [3.8, 4) is 0 Å². The number of hydrogen-bond donors (Lipinski definition) is 6. The molecule has 0 radical (unpaired) electrons. The predicted molar refractivity (Wildman–Crippen MR) is 155 cm³/mol. The lowest BCUT2D eigenvalue weighted by atomic mass is 9.91. The second kappa shape index (κ2) is 13.0. The zero-order valence-electron chi connectivity index (χ0n) is 23.1. The lowest BCUT2D eigenvalue weighted by molar-refractivity contribution is -0.137. The molecule has 0 spiro atoms. The van der Waals surface area contributed by atoms with Crippen LogP contribution in [0.3, 0.4) is 0 Å². The summed E-state index contributed by atoms with van der Waals surface area (Å²) in [6, 6.07) is 20.0. The number of nitrogens with one attached hydrogen (secondary N) is 3. The Hall–Kier alpha value is -4.43. The van der Waals surface area contributed by atoms with Crippen LogP contribution in [0.5, 0.6) is 0 Å². The summed E-state index contributed by atoms with van der Waals surface area (Å²) >= 11 is 0. The van der Waals surface area contributed by atoms with Gasteiger partial charge in [-0.25, -0.2) is 15.0 Å². The van der Waals surface area contributed by atoms with E-state index in [1.807, 2.05) is 60.7 Å². The van der Waals surface area contributed by atoms with Gasteiger partial charge in [-0.1, -0.05) is 60.7 Å². The van der Waals surface area contributed by atoms with E-state index in [1.54, 1.807) is 6.92 Å². The van der Waals surface area contributed by atoms with Crippen LogP contribution in [0.4, 0.5) is 5.82 Å². The van der Waals surface area contributed by atoms with Gasteiger partial charge in [0.05, 0.1) is 6.33 Å². The summed E-state index contributed by atoms with van der Waals surface area (Å²) in [6.07, 6.45) is -4.06. The van der Waals surface area contributed by atoms with E-state index < -0.39 is 36.4 Å². The first kappa shape index (κ1) is 29.1. The Morgan fingerprint density at radius 3 is 2.29 bits per heavy atom. The van der Waals surface area contributed by atoms with Gasteiger partial charge in [-0.2, -0.15) is 0 Å². The summed E-state index contributed by atoms with van der Waals surface area (Å²) in [6.45, 7) is 2.93. The zero-order valence-corrected chi connectivity index (χ0v) is 23.1. The van der Waals surface area contributed by atoms with Gasteiger partial charge in [-0.15, -0.1) is 0 Å². The van der Waals surface area contributed by atoms with Gasteiger partial charge in [0.2, 0.25) is 5.82 Å². The van der Waals surface area contributed by atoms with Crippen LogP contribution >= 0.6 is 0 Å². The van der Waals surface area contributed by atoms with E-state index in [0.29, 0.717) is 24.4 Å². The number of likely N-dealkylation sites (N-methyl/N-ethyl adjacent to an activating group) is 1. The fraction of sp³-hybridized carbons (Fsp3) is 0.345. The van der Waals surface area contributed by atoms with Crippen LogP contribution in [0.15, 0.2) is 67.0 Å². The Morgan fingerprint density at radius 2 is 1.67 bits per heavy atom. The van der Waals surface area contributed by atoms with Crippen LogP contribution in [-0.4, -0.2) is 86.0 Å². The monoisotopic (exact) mass is 574 g/mol. The molecular formula is C29H34N8O5. The molecule has 0 unspecified atom stereocenters. The van der Waals surface area contributed by atoms with Crippen LogP contribution in [0.1, 0.15) is 40.8 Å². The number of aliphatic hydroxyl groups is 2. The molecule has 5 rings (SSSR count). The third kappa shape index (κ3) is 5.94. The van der Waals surface area contributed by atoms with Crippen LogP contribution in [-0.2, 0) is 9.53 Å². The minimum absolute atomic E-state index is 0.0537. The molecule has 1 saturated heterocycles. The molecule has 13 nitrogen and oxygen atoms in total. The van der Waals surface area contributed by atoms with Crippen LogP contribution in [0.2, 0.25) is 0 Å². The first-order valence-electron chi connectivity index (χ1n) is 13.8. The summed E-state index contributed by atoms with van der Waals surface area (Å²) in [4.78, 5) is 38.7. The molecule has 0 bridgehead atoms. The van der Waals surface area contributed by atoms with E-state index in [9.17, 15) is 19.8 Å². The minimum atomic E-state index is -1.48. The van der Waals surface area contributed by atoms with E-state index in [-0.39, 0.29) is 30.5 Å². The summed E-state index contributed by atoms with van der Waals surface area (Å²) in [5.74, 6) is -1.01. The predicted octanol–water partition coefficient (Wildman–Crippen LogP) is 0.514. The van der Waals surface area contributed by atoms with E-state index in [2.05, 4.69) is 30.9 Å². The van der Waals surface area contributed by atoms with Crippen LogP contribution in [0, 0.1) is 0 Å². The number of fused-ring (bicyclic) bond motifs is 1. The molecule has 2 aromatic heterocycles. The van der Waals surface area contributed by atoms with Crippen molar-refractivity contribution in [3.05, 3.63) is 83.9 Å². The molecule has 1 aliphatic heterocycles. The average molecular weight is 575 g/mol. The van der Waals surface area contributed by atoms with Crippen molar-refractivity contribution >= 4 is 28.8 Å². The molecule has 0 saturated carbocycles. The highest BCUT2D eigenvalue weighted by atomic mass is 16.6. The molecule has 1 fully saturated rings. The quantitative estimate of drug-likeness (QED) is 0.147. The molecule has 2 amide bonds. The molecular weight excluding hydrogens is 540 g/mol. The number of aliphatic hydroxyl groups excluding tert-OH is 2. The number of carbonyl (C=O) groups is 2. The zero-order chi connectivity index (χ0) is 29.6. The standard InChI is InChI=1S/C29H34N8O5/c1-2-31-27(40)23-21(38)22(39)29(42-23)37-16-34-20-24(35-25(36-26(20)37)28(41)32-14-13-30)33-15-19(17-9-5-3-6-10-17)18-11-7-4-8-12-18/h3-12,16,19,21-23,29,38-39H,2,13-15,30H2,1H3,(H,31,40)(H,32,41)(H,33,35,36)/t21-,22-,23-,29+/m0/s1. The van der Waals surface area contributed by atoms with Gasteiger partial charge >= 0.3 is 0 Å². The first-order chi connectivity index (χ1) is 20.4. The van der Waals surface area contributed by atoms with Crippen molar-refractivity contribution < 1.29 is 24.5 Å². The number of nitrogens with two attached hydrogens (primary N) is 1. The molecule has 3 heterocycles. The van der Waals surface area contributed by atoms with E-state index >= 15 is 0 Å². The highest BCUT2D eigenvalue weighted by Crippen LogP contribution is 2.33. The van der Waals surface area contributed by atoms with E-state index in [4.69, 9.17) is 10.5 Å². The maximum Gasteiger partial charge on any atom is 0.289 e. The molecule has 42 heavy (non-hydrogen) atoms. The number of ether oxygens (including phenoxy) is 1. The van der Waals surface area contributed by atoms with E-state index in [1.165, 1.54) is 10.9 Å². The second-order valence-corrected chi connectivity index (χ2v) is 9.84. The number of rotatable bonds is 11. The van der Waals surface area contributed by atoms with Gasteiger partial charge in [-0.3, -0.25) is 14.2 Å². The summed E-state index contributed by atoms with van der Waals surface area (Å²) in [7, 11) is 0. The third-order valence-electron chi connectivity index (χ3n) is 7.05. The third-order valence-corrected chi connectivity index (χ3v) is 7.05. The first-order valence-corrected chi connectivity index (χ1v) is 13.8. The number of amides is 2. The Labute approximate surface area is 242 Å². The molecule has 7 N–H and O–H groups in total. The number of carbonyl (C=O) groups excluding carboxylic acids is 2. The lowest BCUT2D eigenvalue weighted by Gasteiger charge is -2.20. The number of imidazole rings is 1. The molecule has 1 aliphatic rings. The molecule has 4 atom stereocenters. The average Bonchev–Trinajstić information content (AvgIpc) is 3.57. The maximum atomic E-state index is 12.9. The van der Waals surface area contributed by atoms with Crippen molar-refractivity contribution in [2.75, 3.05) is 31.5 Å². The number of benzene rings is 2. The Kier molecular flexibility index (Phi) is 9.03. The van der Waals surface area contributed by atoms with Crippen molar-refractivity contribution in [3.63, 3.8) is 0 Å². The van der Waals surface area contributed by atoms with Crippen molar-refractivity contribution in [2.24, 2.45) is 5.73 Å². The maximum absolute atomic E-state index is 12.9. The van der Waals surface area contributed by atoms with Gasteiger partial charge in [0.15, 0.2) is 29.3 Å². The van der Waals surface area contributed by atoms with Crippen LogP contribution in [0.25, 0.3) is 11.2 Å². The normalized spacial score (nSPS) is 20.1. The summed E-state index contributed by atoms with van der Waals surface area (Å²) in [5, 5.41) is 30.0. The van der Waals surface area contributed by atoms with Crippen molar-refractivity contribution in [1.29, 1.82) is 0 Å². The highest BCUT2D eigenvalue weighted by molar-refractivity contribution is 5.94. The van der Waals surface area contributed by atoms with Gasteiger partial charge < -0.3 is 36.6 Å². The second-order valence-electron chi connectivity index (χ2n) is 9.84. The number of anilines is 1. The molecule has 4 aromatic rings. The van der Waals surface area contributed by atoms with Crippen LogP contribution < -0.4 is 21.7 Å². The lowest BCUT2D eigenvalue weighted by Crippen LogP contribution is -2.42. The number of aromatic nitrogens is 4. The molecule has 13 heteroatoms. The van der Waals surface area contributed by atoms with Gasteiger partial charge in [0, 0.05) is 32.1 Å². The highest BCUT2D eigenvalue weighted by Gasteiger charge is 2.47. The number of hydrogen-bond acceptors (Lipinski definition) is 10. The van der Waals surface area contributed by atoms with Crippen molar-refractivity contribution in [1.82, 2.24) is 30.2 Å². The molecule has 0 aliphatic carbocycles. The Bertz CT molecular complexity index is 1480. The summed E-state index contributed by atoms with van der Waals surface area (Å²) < 4.78 is 7.17.